The Morgan fingerprint density at radius 1 is 1.13 bits per heavy atom. The van der Waals surface area contributed by atoms with Gasteiger partial charge in [0.05, 0.1) is 41.0 Å². The highest BCUT2D eigenvalue weighted by atomic mass is 35.5. The van der Waals surface area contributed by atoms with Crippen LogP contribution in [0.15, 0.2) is 41.3 Å². The summed E-state index contributed by atoms with van der Waals surface area (Å²) in [6, 6.07) is 8.88. The molecule has 1 fully saturated rings. The Labute approximate surface area is 186 Å². The quantitative estimate of drug-likeness (QED) is 0.656. The zero-order chi connectivity index (χ0) is 22.6. The Morgan fingerprint density at radius 2 is 1.81 bits per heavy atom. The highest BCUT2D eigenvalue weighted by Crippen LogP contribution is 2.26. The van der Waals surface area contributed by atoms with Gasteiger partial charge in [-0.15, -0.1) is 0 Å². The molecule has 0 saturated carbocycles. The Hall–Kier alpha value is -2.46. The van der Waals surface area contributed by atoms with Gasteiger partial charge in [0.1, 0.15) is 0 Å². The van der Waals surface area contributed by atoms with Crippen LogP contribution in [0.1, 0.15) is 33.2 Å². The van der Waals surface area contributed by atoms with E-state index in [9.17, 15) is 18.0 Å². The molecule has 10 heteroatoms. The second-order valence-electron chi connectivity index (χ2n) is 6.87. The van der Waals surface area contributed by atoms with E-state index in [0.29, 0.717) is 18.8 Å². The van der Waals surface area contributed by atoms with Crippen LogP contribution < -0.4 is 5.32 Å². The number of hydrogen-bond donors (Lipinski definition) is 1. The zero-order valence-electron chi connectivity index (χ0n) is 17.2. The van der Waals surface area contributed by atoms with Crippen LogP contribution in [0.3, 0.4) is 0 Å². The molecule has 0 bridgehead atoms. The number of nitrogens with one attached hydrogen (secondary N) is 1. The lowest BCUT2D eigenvalue weighted by Gasteiger charge is -2.26. The minimum Gasteiger partial charge on any atom is -0.462 e. The number of halogens is 1. The van der Waals surface area contributed by atoms with E-state index in [1.165, 1.54) is 28.6 Å². The van der Waals surface area contributed by atoms with Gasteiger partial charge in [0.2, 0.25) is 10.0 Å². The minimum atomic E-state index is -3.75. The highest BCUT2D eigenvalue weighted by molar-refractivity contribution is 7.89. The standard InChI is InChI=1S/C21H23ClN2O6S/c1-3-30-21(26)16-6-7-18(17(22)12-16)23-20(25)15-5-4-14(2)19(13-15)31(27,28)24-8-10-29-11-9-24/h4-7,12-13H,3,8-11H2,1-2H3,(H,23,25). The Kier molecular flexibility index (Phi) is 7.32. The van der Waals surface area contributed by atoms with E-state index in [1.54, 1.807) is 26.0 Å². The number of esters is 1. The summed E-state index contributed by atoms with van der Waals surface area (Å²) in [5.74, 6) is -1.04. The van der Waals surface area contributed by atoms with E-state index in [2.05, 4.69) is 5.32 Å². The molecule has 1 aliphatic rings. The van der Waals surface area contributed by atoms with Crippen LogP contribution in [-0.4, -0.2) is 57.5 Å². The third kappa shape index (κ3) is 5.24. The van der Waals surface area contributed by atoms with Crippen molar-refractivity contribution in [1.82, 2.24) is 4.31 Å². The molecule has 0 unspecified atom stereocenters. The largest absolute Gasteiger partial charge is 0.462 e. The summed E-state index contributed by atoms with van der Waals surface area (Å²) in [7, 11) is -3.75. The summed E-state index contributed by atoms with van der Waals surface area (Å²) < 4.78 is 37.6. The summed E-state index contributed by atoms with van der Waals surface area (Å²) in [6.45, 7) is 4.81. The molecular weight excluding hydrogens is 444 g/mol. The molecule has 1 heterocycles. The van der Waals surface area contributed by atoms with Crippen LogP contribution in [-0.2, 0) is 19.5 Å². The van der Waals surface area contributed by atoms with Gasteiger partial charge in [0.25, 0.3) is 5.91 Å². The first-order chi connectivity index (χ1) is 14.7. The first-order valence-corrected chi connectivity index (χ1v) is 11.5. The zero-order valence-corrected chi connectivity index (χ0v) is 18.8. The van der Waals surface area contributed by atoms with Crippen molar-refractivity contribution in [3.63, 3.8) is 0 Å². The number of amides is 1. The summed E-state index contributed by atoms with van der Waals surface area (Å²) >= 11 is 6.20. The lowest BCUT2D eigenvalue weighted by atomic mass is 10.1. The lowest BCUT2D eigenvalue weighted by molar-refractivity contribution is 0.0526. The third-order valence-electron chi connectivity index (χ3n) is 4.77. The maximum atomic E-state index is 13.0. The lowest BCUT2D eigenvalue weighted by Crippen LogP contribution is -2.40. The number of benzene rings is 2. The number of aryl methyl sites for hydroxylation is 1. The fourth-order valence-electron chi connectivity index (χ4n) is 3.10. The van der Waals surface area contributed by atoms with Crippen molar-refractivity contribution in [3.8, 4) is 0 Å². The molecule has 0 radical (unpaired) electrons. The number of ether oxygens (including phenoxy) is 2. The SMILES string of the molecule is CCOC(=O)c1ccc(NC(=O)c2ccc(C)c(S(=O)(=O)N3CCOCC3)c2)c(Cl)c1. The molecule has 0 atom stereocenters. The summed E-state index contributed by atoms with van der Waals surface area (Å²) in [6.07, 6.45) is 0. The molecule has 0 aliphatic carbocycles. The number of nitrogens with zero attached hydrogens (tertiary/aromatic N) is 1. The normalized spacial score (nSPS) is 14.8. The molecule has 1 N–H and O–H groups in total. The first kappa shape index (κ1) is 23.2. The molecule has 1 amide bonds. The van der Waals surface area contributed by atoms with Gasteiger partial charge in [0, 0.05) is 18.7 Å². The fourth-order valence-corrected chi connectivity index (χ4v) is 4.98. The molecule has 31 heavy (non-hydrogen) atoms. The average molecular weight is 467 g/mol. The van der Waals surface area contributed by atoms with Crippen molar-refractivity contribution in [2.24, 2.45) is 0 Å². The second kappa shape index (κ2) is 9.78. The van der Waals surface area contributed by atoms with Gasteiger partial charge in [0.15, 0.2) is 0 Å². The highest BCUT2D eigenvalue weighted by Gasteiger charge is 2.28. The van der Waals surface area contributed by atoms with Gasteiger partial charge in [-0.1, -0.05) is 17.7 Å². The van der Waals surface area contributed by atoms with Gasteiger partial charge >= 0.3 is 5.97 Å². The van der Waals surface area contributed by atoms with Crippen molar-refractivity contribution >= 4 is 39.2 Å². The van der Waals surface area contributed by atoms with Crippen LogP contribution in [0.25, 0.3) is 0 Å². The summed E-state index contributed by atoms with van der Waals surface area (Å²) in [5, 5.41) is 2.81. The van der Waals surface area contributed by atoms with E-state index in [0.717, 1.165) is 0 Å². The maximum absolute atomic E-state index is 13.0. The predicted molar refractivity (Wildman–Crippen MR) is 116 cm³/mol. The second-order valence-corrected chi connectivity index (χ2v) is 9.18. The van der Waals surface area contributed by atoms with Crippen LogP contribution >= 0.6 is 11.6 Å². The van der Waals surface area contributed by atoms with Crippen molar-refractivity contribution < 1.29 is 27.5 Å². The number of sulfonamides is 1. The Bertz CT molecular complexity index is 1100. The van der Waals surface area contributed by atoms with Crippen molar-refractivity contribution in [1.29, 1.82) is 0 Å². The monoisotopic (exact) mass is 466 g/mol. The number of rotatable bonds is 6. The summed E-state index contributed by atoms with van der Waals surface area (Å²) in [4.78, 5) is 24.6. The molecule has 0 spiro atoms. The molecule has 0 aromatic heterocycles. The minimum absolute atomic E-state index is 0.0748. The van der Waals surface area contributed by atoms with Gasteiger partial charge in [-0.05, 0) is 49.7 Å². The topological polar surface area (TPSA) is 102 Å². The van der Waals surface area contributed by atoms with Gasteiger partial charge in [-0.3, -0.25) is 4.79 Å². The van der Waals surface area contributed by atoms with Gasteiger partial charge < -0.3 is 14.8 Å². The predicted octanol–water partition coefficient (Wildman–Crippen LogP) is 3.10. The number of carbonyl (C=O) groups is 2. The number of morpholine rings is 1. The molecule has 8 nitrogen and oxygen atoms in total. The molecule has 3 rings (SSSR count). The van der Waals surface area contributed by atoms with E-state index in [4.69, 9.17) is 21.1 Å². The third-order valence-corrected chi connectivity index (χ3v) is 7.12. The van der Waals surface area contributed by atoms with E-state index < -0.39 is 21.9 Å². The van der Waals surface area contributed by atoms with Gasteiger partial charge in [-0.2, -0.15) is 4.31 Å². The Balaban J connectivity index is 1.83. The van der Waals surface area contributed by atoms with Crippen LogP contribution in [0.2, 0.25) is 5.02 Å². The van der Waals surface area contributed by atoms with Crippen LogP contribution in [0, 0.1) is 6.92 Å². The molecule has 166 valence electrons. The van der Waals surface area contributed by atoms with Crippen LogP contribution in [0.4, 0.5) is 5.69 Å². The molecular formula is C21H23ClN2O6S. The first-order valence-electron chi connectivity index (χ1n) is 9.70. The summed E-state index contributed by atoms with van der Waals surface area (Å²) in [5.41, 5.74) is 1.26. The van der Waals surface area contributed by atoms with Crippen molar-refractivity contribution in [2.45, 2.75) is 18.7 Å². The fraction of sp³-hybridized carbons (Fsp3) is 0.333. The van der Waals surface area contributed by atoms with E-state index in [1.807, 2.05) is 0 Å². The van der Waals surface area contributed by atoms with E-state index >= 15 is 0 Å². The number of hydrogen-bond acceptors (Lipinski definition) is 6. The molecule has 1 aliphatic heterocycles. The van der Waals surface area contributed by atoms with Crippen molar-refractivity contribution in [2.75, 3.05) is 38.2 Å². The van der Waals surface area contributed by atoms with E-state index in [-0.39, 0.29) is 46.4 Å². The number of carbonyl (C=O) groups excluding carboxylic acids is 2. The average Bonchev–Trinajstić information content (AvgIpc) is 2.76. The maximum Gasteiger partial charge on any atom is 0.338 e. The molecule has 1 saturated heterocycles. The van der Waals surface area contributed by atoms with Gasteiger partial charge in [-0.25, -0.2) is 13.2 Å². The molecule has 2 aromatic rings. The van der Waals surface area contributed by atoms with Crippen molar-refractivity contribution in [3.05, 3.63) is 58.1 Å². The molecule has 2 aromatic carbocycles. The smallest absolute Gasteiger partial charge is 0.338 e. The number of anilines is 1. The van der Waals surface area contributed by atoms with Crippen LogP contribution in [0.5, 0.6) is 0 Å². The Morgan fingerprint density at radius 3 is 2.45 bits per heavy atom.